The Kier molecular flexibility index (Phi) is 6.03. The molecule has 1 aliphatic rings. The monoisotopic (exact) mass is 771 g/mol. The lowest BCUT2D eigenvalue weighted by Crippen LogP contribution is -2.48. The number of nitrogens with zero attached hydrogens (tertiary/aromatic N) is 3. The quantitative estimate of drug-likeness (QED) is 0.0939. The van der Waals surface area contributed by atoms with E-state index in [4.69, 9.17) is 30.2 Å². The van der Waals surface area contributed by atoms with Crippen LogP contribution >= 0.6 is 11.8 Å². The number of ether oxygens (including phenoxy) is 1. The van der Waals surface area contributed by atoms with Gasteiger partial charge < -0.3 is 19.1 Å². The molecule has 6 nitrogen and oxygen atoms in total. The highest BCUT2D eigenvalue weighted by Crippen LogP contribution is 2.34. The summed E-state index contributed by atoms with van der Waals surface area (Å²) in [5.41, 5.74) is -12.2. The lowest BCUT2D eigenvalue weighted by atomic mass is 9.98. The second kappa shape index (κ2) is 16.7. The van der Waals surface area contributed by atoms with Crippen LogP contribution < -0.4 is 5.43 Å². The summed E-state index contributed by atoms with van der Waals surface area (Å²) in [6, 6.07) is -18.4. The number of halogens is 5. The zero-order valence-electron chi connectivity index (χ0n) is 49.4. The summed E-state index contributed by atoms with van der Waals surface area (Å²) in [5.74, 6) is -5.40. The number of benzene rings is 4. The molecular weight excluding hydrogens is 710 g/mol. The summed E-state index contributed by atoms with van der Waals surface area (Å²) in [6.45, 7) is -5.11. The third kappa shape index (κ3) is 9.00. The van der Waals surface area contributed by atoms with Gasteiger partial charge in [0.15, 0.2) is 17.1 Å². The summed E-state index contributed by atoms with van der Waals surface area (Å²) in [6.07, 6.45) is -5.56. The van der Waals surface area contributed by atoms with Crippen molar-refractivity contribution >= 4 is 28.6 Å². The lowest BCUT2D eigenvalue weighted by Gasteiger charge is -2.39. The van der Waals surface area contributed by atoms with E-state index in [0.717, 1.165) is 11.8 Å². The predicted octanol–water partition coefficient (Wildman–Crippen LogP) is 8.71. The first-order valence-electron chi connectivity index (χ1n) is 26.6. The highest BCUT2D eigenvalue weighted by Gasteiger charge is 2.32. The van der Waals surface area contributed by atoms with Crippen LogP contribution in [-0.2, 0) is 34.5 Å². The summed E-state index contributed by atoms with van der Waals surface area (Å²) in [4.78, 5) is 31.4. The number of amides is 1. The largest absolute Gasteiger partial charge is 0.416 e. The van der Waals surface area contributed by atoms with E-state index in [-0.39, 0.29) is 37.7 Å². The van der Waals surface area contributed by atoms with E-state index in [0.29, 0.717) is 4.57 Å². The SMILES string of the molecule is [2H]c1c([2H])c(F)c(F)c(C([2H])([2H])Sc2c([2H])c(=O)c3c([2H])c([2H])c([2H])c([2H])c3n2CC(=O)N(Cc2c([2H])c([2H])c(-c3c([2H])c([2H])c(C(F)(F)F)c(C)c3[2H])c([2H])c2[2H])C2CCN(CC([2H])([2H])OC([2H])([2H])[2H])CC2)c1[2H]. The standard InChI is InChI=1S/C41H40F5N3O3S/c1-27-22-30(14-15-34(27)41(44,45)46)29-12-10-28(11-13-29)24-48(32-16-18-47(19-17-32)20-21-52-2)38(51)25-49-36-9-4-3-7-33(36)37(50)23-39(49)53-26-31-6-5-8-35(42)40(31)43/h3-15,22-23,32H,16-21,24-26H2,1-2H3/i2D3,3D,4D,5D,6D,7D,8D,9D,10D,11D,12D,13D,14D,15D,21D2,22D,23D,26D2. The maximum absolute atomic E-state index is 15.5. The number of hydrogen-bond donors (Lipinski definition) is 0. The molecule has 5 aromatic rings. The molecule has 1 fully saturated rings. The van der Waals surface area contributed by atoms with Crippen molar-refractivity contribution in [3.8, 4) is 11.1 Å². The fraction of sp³-hybridized carbons (Fsp3) is 0.317. The van der Waals surface area contributed by atoms with Crippen molar-refractivity contribution in [2.75, 3.05) is 33.2 Å². The summed E-state index contributed by atoms with van der Waals surface area (Å²) >= 11 is -0.321. The van der Waals surface area contributed by atoms with Crippen LogP contribution in [0.2, 0.25) is 0 Å². The molecule has 1 saturated heterocycles. The van der Waals surface area contributed by atoms with Crippen LogP contribution in [0.15, 0.2) is 100 Å². The third-order valence-corrected chi connectivity index (χ3v) is 8.98. The van der Waals surface area contributed by atoms with Crippen molar-refractivity contribution in [2.24, 2.45) is 0 Å². The number of pyridine rings is 1. The molecule has 0 unspecified atom stereocenters. The highest BCUT2D eigenvalue weighted by atomic mass is 32.2. The van der Waals surface area contributed by atoms with Gasteiger partial charge in [-0.1, -0.05) is 60.4 Å². The summed E-state index contributed by atoms with van der Waals surface area (Å²) < 4.78 is 261. The number of thioether (sulfide) groups is 1. The fourth-order valence-electron chi connectivity index (χ4n) is 5.55. The number of carbonyl (C=O) groups is 1. The molecule has 0 radical (unpaired) electrons. The molecule has 0 bridgehead atoms. The number of fused-ring (bicyclic) bond motifs is 1. The van der Waals surface area contributed by atoms with Crippen LogP contribution in [0.4, 0.5) is 22.0 Å². The molecule has 0 spiro atoms. The van der Waals surface area contributed by atoms with E-state index in [1.807, 2.05) is 0 Å². The topological polar surface area (TPSA) is 54.8 Å². The van der Waals surface area contributed by atoms with E-state index >= 15 is 9.18 Å². The van der Waals surface area contributed by atoms with Gasteiger partial charge in [-0.3, -0.25) is 9.59 Å². The van der Waals surface area contributed by atoms with Crippen LogP contribution in [-0.4, -0.2) is 59.5 Å². The first-order chi connectivity index (χ1) is 34.3. The van der Waals surface area contributed by atoms with Crippen LogP contribution in [0.25, 0.3) is 22.0 Å². The number of alkyl halides is 3. The third-order valence-electron chi connectivity index (χ3n) is 8.16. The Morgan fingerprint density at radius 2 is 1.74 bits per heavy atom. The molecule has 278 valence electrons. The Balaban J connectivity index is 1.57. The zero-order chi connectivity index (χ0) is 56.8. The van der Waals surface area contributed by atoms with Gasteiger partial charge in [0.25, 0.3) is 0 Å². The molecule has 0 saturated carbocycles. The van der Waals surface area contributed by atoms with Gasteiger partial charge in [-0.15, -0.1) is 11.8 Å². The molecule has 1 amide bonds. The van der Waals surface area contributed by atoms with Crippen molar-refractivity contribution in [3.63, 3.8) is 0 Å². The average molecular weight is 772 g/mol. The van der Waals surface area contributed by atoms with Crippen LogP contribution in [0.1, 0.15) is 65.3 Å². The second-order valence-corrected chi connectivity index (χ2v) is 12.3. The Bertz CT molecular complexity index is 3170. The number of methoxy groups -OCH3 is 1. The molecule has 1 aromatic heterocycles. The summed E-state index contributed by atoms with van der Waals surface area (Å²) in [7, 11) is -3.16. The Labute approximate surface area is 340 Å². The Hall–Kier alpha value is -4.52. The molecule has 0 N–H and O–H groups in total. The van der Waals surface area contributed by atoms with E-state index in [9.17, 15) is 22.4 Å². The second-order valence-electron chi connectivity index (χ2n) is 11.5. The van der Waals surface area contributed by atoms with Crippen molar-refractivity contribution < 1.29 is 61.6 Å². The molecule has 0 atom stereocenters. The van der Waals surface area contributed by atoms with E-state index < -0.39 is 214 Å². The van der Waals surface area contributed by atoms with Gasteiger partial charge in [0, 0.05) is 64.7 Å². The lowest BCUT2D eigenvalue weighted by molar-refractivity contribution is -0.138. The molecule has 4 aromatic carbocycles. The van der Waals surface area contributed by atoms with Gasteiger partial charge in [0.2, 0.25) is 5.91 Å². The van der Waals surface area contributed by atoms with Gasteiger partial charge in [0.05, 0.1) is 50.1 Å². The minimum atomic E-state index is -5.22. The molecule has 53 heavy (non-hydrogen) atoms. The average Bonchev–Trinajstić information content (AvgIpc) is 3.29. The predicted molar refractivity (Wildman–Crippen MR) is 198 cm³/mol. The Morgan fingerprint density at radius 3 is 2.47 bits per heavy atom. The molecule has 12 heteroatoms. The minimum Gasteiger partial charge on any atom is -0.383 e. The maximum Gasteiger partial charge on any atom is 0.416 e. The zero-order valence-corrected chi connectivity index (χ0v) is 28.2. The van der Waals surface area contributed by atoms with Gasteiger partial charge in [-0.05, 0) is 66.2 Å². The van der Waals surface area contributed by atoms with Crippen molar-refractivity contribution in [2.45, 2.75) is 55.8 Å². The van der Waals surface area contributed by atoms with Crippen molar-refractivity contribution in [3.05, 3.63) is 135 Å². The maximum atomic E-state index is 15.5. The highest BCUT2D eigenvalue weighted by molar-refractivity contribution is 7.98. The number of hydrogen-bond acceptors (Lipinski definition) is 5. The molecule has 6 rings (SSSR count). The fourth-order valence-corrected chi connectivity index (χ4v) is 6.30. The van der Waals surface area contributed by atoms with E-state index in [1.54, 1.807) is 0 Å². The van der Waals surface area contributed by atoms with Crippen LogP contribution in [0.5, 0.6) is 0 Å². The molecule has 0 aliphatic carbocycles. The van der Waals surface area contributed by atoms with Gasteiger partial charge in [0.1, 0.15) is 6.54 Å². The van der Waals surface area contributed by atoms with Crippen molar-refractivity contribution in [1.82, 2.24) is 14.4 Å². The number of rotatable bonds is 12. The smallest absolute Gasteiger partial charge is 0.383 e. The summed E-state index contributed by atoms with van der Waals surface area (Å²) in [5, 5.41) is -1.93. The van der Waals surface area contributed by atoms with Gasteiger partial charge in [-0.2, -0.15) is 13.2 Å². The van der Waals surface area contributed by atoms with Crippen molar-refractivity contribution in [1.29, 1.82) is 0 Å². The van der Waals surface area contributed by atoms with E-state index in [1.165, 1.54) is 4.90 Å². The van der Waals surface area contributed by atoms with Gasteiger partial charge >= 0.3 is 6.18 Å². The first-order valence-corrected chi connectivity index (χ1v) is 16.4. The molecular formula is C41H40F5N3O3S. The molecule has 1 aliphatic heterocycles. The van der Waals surface area contributed by atoms with Gasteiger partial charge in [-0.25, -0.2) is 8.78 Å². The Morgan fingerprint density at radius 1 is 1.00 bits per heavy atom. The molecule has 2 heterocycles. The van der Waals surface area contributed by atoms with Crippen LogP contribution in [0, 0.1) is 18.6 Å². The minimum absolute atomic E-state index is 0.146. The van der Waals surface area contributed by atoms with E-state index in [2.05, 4.69) is 4.74 Å². The number of carbonyl (C=O) groups excluding carboxylic acids is 1. The normalized spacial score (nSPS) is 20.9. The number of para-hydroxylation sites is 1. The van der Waals surface area contributed by atoms with Crippen LogP contribution in [0.3, 0.4) is 0 Å². The first kappa shape index (κ1) is 19.2. The number of aromatic nitrogens is 1. The number of likely N-dealkylation sites (tertiary alicyclic amines) is 1. The number of piperidine rings is 1.